The fraction of sp³-hybridized carbons (Fsp3) is 0.308. The van der Waals surface area contributed by atoms with Crippen molar-refractivity contribution in [3.63, 3.8) is 0 Å². The highest BCUT2D eigenvalue weighted by Gasteiger charge is 2.16. The molecule has 102 valence electrons. The molecule has 1 unspecified atom stereocenters. The van der Waals surface area contributed by atoms with Crippen LogP contribution in [0, 0.1) is 5.92 Å². The standard InChI is InChI=1S/C13H16N2O4/c1-2-8(13(18)19)7-15-12(17)10-5-3-4-9(6-10)11(14)16/h3-6,8H,2,7H2,1H3,(H2,14,16)(H,15,17)(H,18,19). The Hall–Kier alpha value is -2.37. The van der Waals surface area contributed by atoms with Crippen molar-refractivity contribution in [3.8, 4) is 0 Å². The minimum absolute atomic E-state index is 0.0471. The summed E-state index contributed by atoms with van der Waals surface area (Å²) in [5.74, 6) is -2.62. The first-order valence-corrected chi connectivity index (χ1v) is 5.86. The lowest BCUT2D eigenvalue weighted by atomic mass is 10.1. The molecule has 0 saturated heterocycles. The average molecular weight is 264 g/mol. The predicted molar refractivity (Wildman–Crippen MR) is 68.7 cm³/mol. The number of carboxylic acid groups (broad SMARTS) is 1. The van der Waals surface area contributed by atoms with Crippen molar-refractivity contribution in [1.82, 2.24) is 5.32 Å². The molecular formula is C13H16N2O4. The van der Waals surface area contributed by atoms with Crippen LogP contribution >= 0.6 is 0 Å². The summed E-state index contributed by atoms with van der Waals surface area (Å²) in [5.41, 5.74) is 5.63. The van der Waals surface area contributed by atoms with E-state index in [9.17, 15) is 14.4 Å². The zero-order valence-corrected chi connectivity index (χ0v) is 10.6. The molecule has 4 N–H and O–H groups in total. The summed E-state index contributed by atoms with van der Waals surface area (Å²) in [7, 11) is 0. The van der Waals surface area contributed by atoms with Gasteiger partial charge < -0.3 is 16.2 Å². The van der Waals surface area contributed by atoms with Crippen molar-refractivity contribution in [1.29, 1.82) is 0 Å². The van der Waals surface area contributed by atoms with Gasteiger partial charge in [0.25, 0.3) is 5.91 Å². The van der Waals surface area contributed by atoms with E-state index in [1.54, 1.807) is 13.0 Å². The minimum Gasteiger partial charge on any atom is -0.481 e. The van der Waals surface area contributed by atoms with Gasteiger partial charge in [-0.25, -0.2) is 0 Å². The lowest BCUT2D eigenvalue weighted by Gasteiger charge is -2.11. The molecule has 0 saturated carbocycles. The monoisotopic (exact) mass is 264 g/mol. The average Bonchev–Trinajstić information content (AvgIpc) is 2.38. The quantitative estimate of drug-likeness (QED) is 0.699. The van der Waals surface area contributed by atoms with Gasteiger partial charge in [0.1, 0.15) is 0 Å². The highest BCUT2D eigenvalue weighted by Crippen LogP contribution is 2.06. The molecule has 19 heavy (non-hydrogen) atoms. The zero-order valence-electron chi connectivity index (χ0n) is 10.6. The lowest BCUT2D eigenvalue weighted by Crippen LogP contribution is -2.32. The summed E-state index contributed by atoms with van der Waals surface area (Å²) in [6.45, 7) is 1.78. The van der Waals surface area contributed by atoms with E-state index in [-0.39, 0.29) is 17.7 Å². The molecule has 0 radical (unpaired) electrons. The molecule has 0 bridgehead atoms. The Morgan fingerprint density at radius 3 is 2.47 bits per heavy atom. The van der Waals surface area contributed by atoms with Crippen LogP contribution in [0.1, 0.15) is 34.1 Å². The van der Waals surface area contributed by atoms with Crippen molar-refractivity contribution in [2.24, 2.45) is 11.7 Å². The molecular weight excluding hydrogens is 248 g/mol. The van der Waals surface area contributed by atoms with Crippen molar-refractivity contribution in [3.05, 3.63) is 35.4 Å². The lowest BCUT2D eigenvalue weighted by molar-refractivity contribution is -0.141. The van der Waals surface area contributed by atoms with Gasteiger partial charge in [0, 0.05) is 17.7 Å². The third-order valence-corrected chi connectivity index (χ3v) is 2.76. The Morgan fingerprint density at radius 2 is 1.95 bits per heavy atom. The number of primary amides is 1. The van der Waals surface area contributed by atoms with E-state index in [0.717, 1.165) is 0 Å². The van der Waals surface area contributed by atoms with Crippen LogP contribution in [0.2, 0.25) is 0 Å². The van der Waals surface area contributed by atoms with Crippen LogP contribution < -0.4 is 11.1 Å². The minimum atomic E-state index is -0.950. The smallest absolute Gasteiger partial charge is 0.308 e. The molecule has 1 aromatic carbocycles. The van der Waals surface area contributed by atoms with Gasteiger partial charge in [-0.2, -0.15) is 0 Å². The van der Waals surface area contributed by atoms with E-state index in [1.165, 1.54) is 18.2 Å². The van der Waals surface area contributed by atoms with Gasteiger partial charge >= 0.3 is 5.97 Å². The number of benzene rings is 1. The number of nitrogens with two attached hydrogens (primary N) is 1. The van der Waals surface area contributed by atoms with Crippen LogP contribution in [0.25, 0.3) is 0 Å². The molecule has 1 aromatic rings. The topological polar surface area (TPSA) is 109 Å². The fourth-order valence-corrected chi connectivity index (χ4v) is 1.54. The summed E-state index contributed by atoms with van der Waals surface area (Å²) < 4.78 is 0. The van der Waals surface area contributed by atoms with Gasteiger partial charge in [0.05, 0.1) is 5.92 Å². The molecule has 1 atom stereocenters. The van der Waals surface area contributed by atoms with E-state index >= 15 is 0 Å². The van der Waals surface area contributed by atoms with E-state index in [4.69, 9.17) is 10.8 Å². The van der Waals surface area contributed by atoms with Crippen molar-refractivity contribution in [2.45, 2.75) is 13.3 Å². The molecule has 2 amide bonds. The second-order valence-corrected chi connectivity index (χ2v) is 4.10. The number of amides is 2. The molecule has 0 aliphatic heterocycles. The van der Waals surface area contributed by atoms with E-state index < -0.39 is 23.7 Å². The number of hydrogen-bond acceptors (Lipinski definition) is 3. The Morgan fingerprint density at radius 1 is 1.32 bits per heavy atom. The first-order chi connectivity index (χ1) is 8.95. The molecule has 0 heterocycles. The maximum Gasteiger partial charge on any atom is 0.308 e. The van der Waals surface area contributed by atoms with E-state index in [1.807, 2.05) is 0 Å². The van der Waals surface area contributed by atoms with Crippen LogP contribution in [0.15, 0.2) is 24.3 Å². The highest BCUT2D eigenvalue weighted by atomic mass is 16.4. The number of carboxylic acids is 1. The van der Waals surface area contributed by atoms with Gasteiger partial charge in [-0.3, -0.25) is 14.4 Å². The van der Waals surface area contributed by atoms with Crippen LogP contribution in [-0.2, 0) is 4.79 Å². The van der Waals surface area contributed by atoms with E-state index in [0.29, 0.717) is 6.42 Å². The normalized spacial score (nSPS) is 11.6. The fourth-order valence-electron chi connectivity index (χ4n) is 1.54. The number of aliphatic carboxylic acids is 1. The molecule has 0 aliphatic carbocycles. The van der Waals surface area contributed by atoms with Gasteiger partial charge in [-0.15, -0.1) is 0 Å². The third kappa shape index (κ3) is 4.09. The van der Waals surface area contributed by atoms with E-state index in [2.05, 4.69) is 5.32 Å². The molecule has 6 heteroatoms. The highest BCUT2D eigenvalue weighted by molar-refractivity contribution is 5.99. The summed E-state index contributed by atoms with van der Waals surface area (Å²) in [6.07, 6.45) is 0.428. The molecule has 0 aliphatic rings. The first-order valence-electron chi connectivity index (χ1n) is 5.86. The van der Waals surface area contributed by atoms with Gasteiger partial charge in [-0.05, 0) is 24.6 Å². The number of carbonyl (C=O) groups excluding carboxylic acids is 2. The largest absolute Gasteiger partial charge is 0.481 e. The molecule has 0 aromatic heterocycles. The van der Waals surface area contributed by atoms with Gasteiger partial charge in [-0.1, -0.05) is 13.0 Å². The summed E-state index contributed by atoms with van der Waals surface area (Å²) in [4.78, 5) is 33.6. The second kappa shape index (κ2) is 6.53. The van der Waals surface area contributed by atoms with Crippen molar-refractivity contribution in [2.75, 3.05) is 6.54 Å². The van der Waals surface area contributed by atoms with Crippen LogP contribution in [0.5, 0.6) is 0 Å². The Kier molecular flexibility index (Phi) is 5.05. The molecule has 0 spiro atoms. The Bertz CT molecular complexity index is 499. The number of hydrogen-bond donors (Lipinski definition) is 3. The van der Waals surface area contributed by atoms with Crippen LogP contribution in [-0.4, -0.2) is 29.4 Å². The first kappa shape index (κ1) is 14.7. The SMILES string of the molecule is CCC(CNC(=O)c1cccc(C(N)=O)c1)C(=O)O. The third-order valence-electron chi connectivity index (χ3n) is 2.76. The van der Waals surface area contributed by atoms with Crippen LogP contribution in [0.4, 0.5) is 0 Å². The molecule has 1 rings (SSSR count). The number of carbonyl (C=O) groups is 3. The number of rotatable bonds is 6. The zero-order chi connectivity index (χ0) is 14.4. The maximum atomic E-state index is 11.8. The number of nitrogens with one attached hydrogen (secondary N) is 1. The van der Waals surface area contributed by atoms with Crippen molar-refractivity contribution >= 4 is 17.8 Å². The van der Waals surface area contributed by atoms with Gasteiger partial charge in [0.2, 0.25) is 5.91 Å². The van der Waals surface area contributed by atoms with Crippen LogP contribution in [0.3, 0.4) is 0 Å². The van der Waals surface area contributed by atoms with Crippen molar-refractivity contribution < 1.29 is 19.5 Å². The summed E-state index contributed by atoms with van der Waals surface area (Å²) in [6, 6.07) is 5.96. The predicted octanol–water partition coefficient (Wildman–Crippen LogP) is 0.626. The maximum absolute atomic E-state index is 11.8. The van der Waals surface area contributed by atoms with Gasteiger partial charge in [0.15, 0.2) is 0 Å². The summed E-state index contributed by atoms with van der Waals surface area (Å²) >= 11 is 0. The Balaban J connectivity index is 2.70. The Labute approximate surface area is 110 Å². The second-order valence-electron chi connectivity index (χ2n) is 4.10. The molecule has 6 nitrogen and oxygen atoms in total. The summed E-state index contributed by atoms with van der Waals surface area (Å²) in [5, 5.41) is 11.4. The molecule has 0 fully saturated rings.